The van der Waals surface area contributed by atoms with Gasteiger partial charge in [-0.25, -0.2) is 0 Å². The van der Waals surface area contributed by atoms with Crippen molar-refractivity contribution in [2.45, 2.75) is 25.3 Å². The Balaban J connectivity index is 1.57. The lowest BCUT2D eigenvalue weighted by Crippen LogP contribution is -2.40. The van der Waals surface area contributed by atoms with Crippen LogP contribution in [0.3, 0.4) is 0 Å². The van der Waals surface area contributed by atoms with Crippen molar-refractivity contribution < 1.29 is 14.3 Å². The molecule has 3 rings (SSSR count). The van der Waals surface area contributed by atoms with Gasteiger partial charge in [0.25, 0.3) is 0 Å². The largest absolute Gasteiger partial charge is 0.378 e. The van der Waals surface area contributed by atoms with E-state index in [9.17, 15) is 9.59 Å². The molecular formula is C18H22N2O3. The predicted molar refractivity (Wildman–Crippen MR) is 86.8 cm³/mol. The van der Waals surface area contributed by atoms with E-state index < -0.39 is 0 Å². The first kappa shape index (κ1) is 15.7. The number of amides is 2. The lowest BCUT2D eigenvalue weighted by atomic mass is 9.88. The standard InChI is InChI=1S/C18H22N2O3/c21-17(8-9-18(22)20-10-12-23-13-11-20)19-16-7-3-5-14-4-1-2-6-15(14)16/h1-2,4,6,8-9,16H,3,5,7,10-13H2,(H,19,21)/b9-8+/t16-/m0/s1. The second-order valence-corrected chi connectivity index (χ2v) is 5.92. The van der Waals surface area contributed by atoms with Crippen LogP contribution >= 0.6 is 0 Å². The maximum atomic E-state index is 12.1. The summed E-state index contributed by atoms with van der Waals surface area (Å²) in [4.78, 5) is 25.8. The first-order valence-corrected chi connectivity index (χ1v) is 8.17. The van der Waals surface area contributed by atoms with Gasteiger partial charge in [0.2, 0.25) is 11.8 Å². The van der Waals surface area contributed by atoms with Crippen LogP contribution in [0.2, 0.25) is 0 Å². The average Bonchev–Trinajstić information content (AvgIpc) is 2.61. The van der Waals surface area contributed by atoms with Gasteiger partial charge in [0.15, 0.2) is 0 Å². The highest BCUT2D eigenvalue weighted by Crippen LogP contribution is 2.29. The number of carbonyl (C=O) groups excluding carboxylic acids is 2. The topological polar surface area (TPSA) is 58.6 Å². The van der Waals surface area contributed by atoms with Gasteiger partial charge < -0.3 is 15.0 Å². The summed E-state index contributed by atoms with van der Waals surface area (Å²) < 4.78 is 5.21. The Hall–Kier alpha value is -2.14. The number of rotatable bonds is 3. The molecule has 0 radical (unpaired) electrons. The van der Waals surface area contributed by atoms with Crippen LogP contribution in [0.5, 0.6) is 0 Å². The zero-order valence-electron chi connectivity index (χ0n) is 13.2. The van der Waals surface area contributed by atoms with Gasteiger partial charge in [0.05, 0.1) is 19.3 Å². The first-order valence-electron chi connectivity index (χ1n) is 8.17. The van der Waals surface area contributed by atoms with Gasteiger partial charge in [-0.05, 0) is 30.4 Å². The third kappa shape index (κ3) is 3.99. The van der Waals surface area contributed by atoms with Gasteiger partial charge in [-0.1, -0.05) is 24.3 Å². The van der Waals surface area contributed by atoms with E-state index in [2.05, 4.69) is 17.4 Å². The molecule has 2 amide bonds. The summed E-state index contributed by atoms with van der Waals surface area (Å²) in [5, 5.41) is 3.01. The van der Waals surface area contributed by atoms with Gasteiger partial charge in [-0.15, -0.1) is 0 Å². The van der Waals surface area contributed by atoms with Crippen molar-refractivity contribution in [3.8, 4) is 0 Å². The number of hydrogen-bond acceptors (Lipinski definition) is 3. The Morgan fingerprint density at radius 2 is 1.96 bits per heavy atom. The van der Waals surface area contributed by atoms with Gasteiger partial charge in [0, 0.05) is 25.2 Å². The number of aryl methyl sites for hydroxylation is 1. The predicted octanol–water partition coefficient (Wildman–Crippen LogP) is 1.60. The Morgan fingerprint density at radius 1 is 1.17 bits per heavy atom. The normalized spacial score (nSPS) is 21.0. The van der Waals surface area contributed by atoms with E-state index in [4.69, 9.17) is 4.74 Å². The van der Waals surface area contributed by atoms with E-state index in [-0.39, 0.29) is 17.9 Å². The lowest BCUT2D eigenvalue weighted by molar-refractivity contribution is -0.130. The van der Waals surface area contributed by atoms with Crippen molar-refractivity contribution >= 4 is 11.8 Å². The smallest absolute Gasteiger partial charge is 0.246 e. The highest BCUT2D eigenvalue weighted by atomic mass is 16.5. The molecule has 1 aromatic carbocycles. The van der Waals surface area contributed by atoms with Crippen LogP contribution in [-0.2, 0) is 20.7 Å². The Morgan fingerprint density at radius 3 is 2.78 bits per heavy atom. The molecule has 1 aliphatic heterocycles. The molecule has 1 aliphatic carbocycles. The SMILES string of the molecule is O=C(/C=C/C(=O)N1CCOCC1)N[C@H]1CCCc2ccccc21. The molecule has 0 spiro atoms. The van der Waals surface area contributed by atoms with Crippen LogP contribution in [0.1, 0.15) is 30.0 Å². The number of carbonyl (C=O) groups is 2. The average molecular weight is 314 g/mol. The number of fused-ring (bicyclic) bond motifs is 1. The third-order valence-corrected chi connectivity index (χ3v) is 4.39. The van der Waals surface area contributed by atoms with E-state index in [0.717, 1.165) is 19.3 Å². The summed E-state index contributed by atoms with van der Waals surface area (Å²) in [6.45, 7) is 2.29. The summed E-state index contributed by atoms with van der Waals surface area (Å²) in [5.74, 6) is -0.346. The van der Waals surface area contributed by atoms with Crippen molar-refractivity contribution in [1.82, 2.24) is 10.2 Å². The highest BCUT2D eigenvalue weighted by molar-refractivity contribution is 5.96. The van der Waals surface area contributed by atoms with Crippen molar-refractivity contribution in [2.75, 3.05) is 26.3 Å². The van der Waals surface area contributed by atoms with Crippen LogP contribution in [0.25, 0.3) is 0 Å². The molecule has 0 unspecified atom stereocenters. The van der Waals surface area contributed by atoms with Crippen molar-refractivity contribution in [1.29, 1.82) is 0 Å². The molecule has 122 valence electrons. The third-order valence-electron chi connectivity index (χ3n) is 4.39. The molecule has 1 aromatic rings. The van der Waals surface area contributed by atoms with Crippen molar-refractivity contribution in [2.24, 2.45) is 0 Å². The van der Waals surface area contributed by atoms with E-state index in [1.807, 2.05) is 12.1 Å². The minimum absolute atomic E-state index is 0.0376. The van der Waals surface area contributed by atoms with Crippen molar-refractivity contribution in [3.63, 3.8) is 0 Å². The molecule has 0 aromatic heterocycles. The Kier molecular flexibility index (Phi) is 5.08. The second kappa shape index (κ2) is 7.42. The zero-order valence-corrected chi connectivity index (χ0v) is 13.2. The Labute approximate surface area is 136 Å². The molecule has 1 heterocycles. The van der Waals surface area contributed by atoms with Gasteiger partial charge >= 0.3 is 0 Å². The monoisotopic (exact) mass is 314 g/mol. The number of morpholine rings is 1. The van der Waals surface area contributed by atoms with Crippen LogP contribution in [-0.4, -0.2) is 43.0 Å². The highest BCUT2D eigenvalue weighted by Gasteiger charge is 2.21. The summed E-state index contributed by atoms with van der Waals surface area (Å²) in [7, 11) is 0. The minimum Gasteiger partial charge on any atom is -0.378 e. The van der Waals surface area contributed by atoms with Gasteiger partial charge in [0.1, 0.15) is 0 Å². The van der Waals surface area contributed by atoms with E-state index in [0.29, 0.717) is 26.3 Å². The fraction of sp³-hybridized carbons (Fsp3) is 0.444. The van der Waals surface area contributed by atoms with Crippen LogP contribution in [0.4, 0.5) is 0 Å². The lowest BCUT2D eigenvalue weighted by Gasteiger charge is -2.26. The number of nitrogens with one attached hydrogen (secondary N) is 1. The fourth-order valence-corrected chi connectivity index (χ4v) is 3.16. The molecule has 1 N–H and O–H groups in total. The van der Waals surface area contributed by atoms with E-state index in [1.165, 1.54) is 23.3 Å². The maximum Gasteiger partial charge on any atom is 0.246 e. The number of benzene rings is 1. The maximum absolute atomic E-state index is 12.1. The van der Waals surface area contributed by atoms with Crippen LogP contribution in [0, 0.1) is 0 Å². The molecular weight excluding hydrogens is 292 g/mol. The fourth-order valence-electron chi connectivity index (χ4n) is 3.16. The molecule has 5 heteroatoms. The van der Waals surface area contributed by atoms with Crippen LogP contribution < -0.4 is 5.32 Å². The van der Waals surface area contributed by atoms with Gasteiger partial charge in [-0.2, -0.15) is 0 Å². The summed E-state index contributed by atoms with van der Waals surface area (Å²) in [6.07, 6.45) is 5.77. The molecule has 2 aliphatic rings. The molecule has 1 saturated heterocycles. The molecule has 23 heavy (non-hydrogen) atoms. The van der Waals surface area contributed by atoms with Crippen molar-refractivity contribution in [3.05, 3.63) is 47.5 Å². The van der Waals surface area contributed by atoms with E-state index in [1.54, 1.807) is 4.90 Å². The summed E-state index contributed by atoms with van der Waals surface area (Å²) in [5.41, 5.74) is 2.50. The molecule has 0 saturated carbocycles. The van der Waals surface area contributed by atoms with Crippen LogP contribution in [0.15, 0.2) is 36.4 Å². The molecule has 1 fully saturated rings. The Bertz CT molecular complexity index is 606. The van der Waals surface area contributed by atoms with E-state index >= 15 is 0 Å². The first-order chi connectivity index (χ1) is 11.2. The molecule has 5 nitrogen and oxygen atoms in total. The zero-order chi connectivity index (χ0) is 16.1. The second-order valence-electron chi connectivity index (χ2n) is 5.92. The van der Waals surface area contributed by atoms with Gasteiger partial charge in [-0.3, -0.25) is 9.59 Å². The quantitative estimate of drug-likeness (QED) is 0.862. The molecule has 0 bridgehead atoms. The number of hydrogen-bond donors (Lipinski definition) is 1. The number of nitrogens with zero attached hydrogens (tertiary/aromatic N) is 1. The number of ether oxygens (including phenoxy) is 1. The summed E-state index contributed by atoms with van der Waals surface area (Å²) in [6, 6.07) is 8.26. The minimum atomic E-state index is -0.215. The summed E-state index contributed by atoms with van der Waals surface area (Å²) >= 11 is 0. The molecule has 1 atom stereocenters.